The number of hydrogen-bond donors (Lipinski definition) is 0. The highest BCUT2D eigenvalue weighted by Crippen LogP contribution is 2.34. The van der Waals surface area contributed by atoms with E-state index in [9.17, 15) is 4.79 Å². The number of para-hydroxylation sites is 1. The number of halogens is 2. The molecule has 0 spiro atoms. The van der Waals surface area contributed by atoms with Gasteiger partial charge in [0.25, 0.3) is 0 Å². The lowest BCUT2D eigenvalue weighted by Crippen LogP contribution is -2.38. The summed E-state index contributed by atoms with van der Waals surface area (Å²) in [5, 5.41) is 1.95. The number of nitrogens with zero attached hydrogens (tertiary/aromatic N) is 2. The van der Waals surface area contributed by atoms with Crippen molar-refractivity contribution >= 4 is 67.6 Å². The zero-order chi connectivity index (χ0) is 19.5. The fourth-order valence-electron chi connectivity index (χ4n) is 3.05. The molecule has 1 atom stereocenters. The van der Waals surface area contributed by atoms with E-state index in [0.717, 1.165) is 34.6 Å². The molecule has 28 heavy (non-hydrogen) atoms. The Hall–Kier alpha value is -1.31. The van der Waals surface area contributed by atoms with Gasteiger partial charge in [-0.2, -0.15) is 0 Å². The Morgan fingerprint density at radius 3 is 2.79 bits per heavy atom. The molecule has 0 aliphatic carbocycles. The molecular formula is C20H18Cl2N2O2S2. The third-order valence-corrected chi connectivity index (χ3v) is 7.07. The first-order valence-corrected chi connectivity index (χ1v) is 11.5. The highest BCUT2D eigenvalue weighted by atomic mass is 35.5. The third-order valence-electron chi connectivity index (χ3n) is 4.48. The van der Waals surface area contributed by atoms with Gasteiger partial charge in [0.15, 0.2) is 5.13 Å². The summed E-state index contributed by atoms with van der Waals surface area (Å²) in [4.78, 5) is 20.5. The molecule has 2 aromatic carbocycles. The molecule has 0 bridgehead atoms. The number of rotatable bonds is 6. The van der Waals surface area contributed by atoms with E-state index in [-0.39, 0.29) is 12.0 Å². The lowest BCUT2D eigenvalue weighted by Gasteiger charge is -2.23. The molecule has 8 heteroatoms. The van der Waals surface area contributed by atoms with Crippen LogP contribution in [0.15, 0.2) is 47.4 Å². The Labute approximate surface area is 181 Å². The minimum absolute atomic E-state index is 0.00521. The van der Waals surface area contributed by atoms with Crippen LogP contribution >= 0.6 is 46.3 Å². The maximum Gasteiger partial charge on any atom is 0.239 e. The first kappa shape index (κ1) is 20.0. The van der Waals surface area contributed by atoms with E-state index in [0.29, 0.717) is 27.5 Å². The minimum atomic E-state index is 0.00521. The molecule has 2 heterocycles. The molecule has 4 rings (SSSR count). The summed E-state index contributed by atoms with van der Waals surface area (Å²) in [7, 11) is 0. The number of thiazole rings is 1. The average molecular weight is 453 g/mol. The first-order chi connectivity index (χ1) is 13.6. The fraction of sp³-hybridized carbons (Fsp3) is 0.300. The maximum atomic E-state index is 13.1. The number of aromatic nitrogens is 1. The van der Waals surface area contributed by atoms with E-state index in [4.69, 9.17) is 27.9 Å². The third kappa shape index (κ3) is 4.63. The number of amides is 1. The summed E-state index contributed by atoms with van der Waals surface area (Å²) in [5.41, 5.74) is 0.736. The van der Waals surface area contributed by atoms with Gasteiger partial charge in [-0.3, -0.25) is 9.69 Å². The van der Waals surface area contributed by atoms with Crippen LogP contribution < -0.4 is 4.90 Å². The molecule has 1 aliphatic rings. The monoisotopic (exact) mass is 452 g/mol. The average Bonchev–Trinajstić information content (AvgIpc) is 3.35. The molecule has 1 aliphatic heterocycles. The quantitative estimate of drug-likeness (QED) is 0.436. The second kappa shape index (κ2) is 9.01. The Morgan fingerprint density at radius 2 is 2.07 bits per heavy atom. The lowest BCUT2D eigenvalue weighted by atomic mass is 10.2. The van der Waals surface area contributed by atoms with Crippen LogP contribution in [0.4, 0.5) is 5.13 Å². The number of fused-ring (bicyclic) bond motifs is 1. The number of carbonyl (C=O) groups is 1. The van der Waals surface area contributed by atoms with Crippen molar-refractivity contribution in [3.05, 3.63) is 52.5 Å². The topological polar surface area (TPSA) is 42.4 Å². The van der Waals surface area contributed by atoms with E-state index in [2.05, 4.69) is 4.98 Å². The zero-order valence-corrected chi connectivity index (χ0v) is 18.1. The van der Waals surface area contributed by atoms with E-state index in [1.165, 1.54) is 23.1 Å². The SMILES string of the molecule is O=C(CSc1ccc(Cl)cc1)N(CC1CCCO1)c1nc2c(Cl)cccc2s1. The van der Waals surface area contributed by atoms with Crippen LogP contribution in [0, 0.1) is 0 Å². The Kier molecular flexibility index (Phi) is 6.43. The number of anilines is 1. The van der Waals surface area contributed by atoms with Crippen molar-refractivity contribution in [2.75, 3.05) is 23.8 Å². The molecule has 4 nitrogen and oxygen atoms in total. The van der Waals surface area contributed by atoms with Crippen molar-refractivity contribution in [1.29, 1.82) is 0 Å². The second-order valence-electron chi connectivity index (χ2n) is 6.46. The van der Waals surface area contributed by atoms with Crippen LogP contribution in [0.1, 0.15) is 12.8 Å². The van der Waals surface area contributed by atoms with Crippen molar-refractivity contribution in [3.63, 3.8) is 0 Å². The van der Waals surface area contributed by atoms with Crippen LogP contribution in [-0.4, -0.2) is 35.9 Å². The molecule has 1 unspecified atom stereocenters. The highest BCUT2D eigenvalue weighted by molar-refractivity contribution is 8.00. The first-order valence-electron chi connectivity index (χ1n) is 8.95. The number of carbonyl (C=O) groups excluding carboxylic acids is 1. The predicted molar refractivity (Wildman–Crippen MR) is 118 cm³/mol. The number of hydrogen-bond acceptors (Lipinski definition) is 5. The van der Waals surface area contributed by atoms with Gasteiger partial charge >= 0.3 is 0 Å². The number of thioether (sulfide) groups is 1. The van der Waals surface area contributed by atoms with Gasteiger partial charge in [0.1, 0.15) is 5.52 Å². The van der Waals surface area contributed by atoms with Crippen molar-refractivity contribution in [1.82, 2.24) is 4.98 Å². The van der Waals surface area contributed by atoms with E-state index in [1.807, 2.05) is 42.5 Å². The maximum absolute atomic E-state index is 13.1. The molecular weight excluding hydrogens is 435 g/mol. The van der Waals surface area contributed by atoms with Crippen LogP contribution in [0.2, 0.25) is 10.0 Å². The summed E-state index contributed by atoms with van der Waals surface area (Å²) in [6, 6.07) is 13.2. The molecule has 3 aromatic rings. The normalized spacial score (nSPS) is 16.6. The summed E-state index contributed by atoms with van der Waals surface area (Å²) >= 11 is 15.2. The summed E-state index contributed by atoms with van der Waals surface area (Å²) in [6.45, 7) is 1.26. The van der Waals surface area contributed by atoms with Gasteiger partial charge in [0.05, 0.1) is 28.1 Å². The van der Waals surface area contributed by atoms with E-state index in [1.54, 1.807) is 4.90 Å². The van der Waals surface area contributed by atoms with E-state index < -0.39 is 0 Å². The van der Waals surface area contributed by atoms with Crippen molar-refractivity contribution in [3.8, 4) is 0 Å². The van der Waals surface area contributed by atoms with Gasteiger partial charge in [-0.25, -0.2) is 4.98 Å². The van der Waals surface area contributed by atoms with Gasteiger partial charge in [0.2, 0.25) is 5.91 Å². The molecule has 1 aromatic heterocycles. The van der Waals surface area contributed by atoms with Crippen molar-refractivity contribution in [2.24, 2.45) is 0 Å². The lowest BCUT2D eigenvalue weighted by molar-refractivity contribution is -0.116. The second-order valence-corrected chi connectivity index (χ2v) is 9.37. The van der Waals surface area contributed by atoms with Crippen molar-refractivity contribution in [2.45, 2.75) is 23.8 Å². The smallest absolute Gasteiger partial charge is 0.239 e. The summed E-state index contributed by atoms with van der Waals surface area (Å²) in [6.07, 6.45) is 2.03. The molecule has 146 valence electrons. The number of benzene rings is 2. The Bertz CT molecular complexity index is 972. The molecule has 1 amide bonds. The van der Waals surface area contributed by atoms with Gasteiger partial charge in [-0.05, 0) is 49.2 Å². The van der Waals surface area contributed by atoms with Gasteiger partial charge in [-0.1, -0.05) is 40.6 Å². The van der Waals surface area contributed by atoms with Crippen LogP contribution in [0.5, 0.6) is 0 Å². The minimum Gasteiger partial charge on any atom is -0.376 e. The van der Waals surface area contributed by atoms with Crippen molar-refractivity contribution < 1.29 is 9.53 Å². The van der Waals surface area contributed by atoms with Crippen LogP contribution in [0.25, 0.3) is 10.2 Å². The molecule has 1 saturated heterocycles. The highest BCUT2D eigenvalue weighted by Gasteiger charge is 2.26. The summed E-state index contributed by atoms with van der Waals surface area (Å²) in [5.74, 6) is 0.323. The van der Waals surface area contributed by atoms with Crippen LogP contribution in [0.3, 0.4) is 0 Å². The van der Waals surface area contributed by atoms with Gasteiger partial charge in [-0.15, -0.1) is 11.8 Å². The summed E-state index contributed by atoms with van der Waals surface area (Å²) < 4.78 is 6.73. The van der Waals surface area contributed by atoms with Gasteiger partial charge < -0.3 is 4.74 Å². The molecule has 0 N–H and O–H groups in total. The van der Waals surface area contributed by atoms with E-state index >= 15 is 0 Å². The van der Waals surface area contributed by atoms with Crippen LogP contribution in [-0.2, 0) is 9.53 Å². The molecule has 1 fully saturated rings. The standard InChI is InChI=1S/C20H18Cl2N2O2S2/c21-13-6-8-15(9-7-13)27-12-18(25)24(11-14-3-2-10-26-14)20-23-19-16(22)4-1-5-17(19)28-20/h1,4-9,14H,2-3,10-12H2. The Balaban J connectivity index is 1.55. The Morgan fingerprint density at radius 1 is 1.25 bits per heavy atom. The largest absolute Gasteiger partial charge is 0.376 e. The molecule has 0 saturated carbocycles. The zero-order valence-electron chi connectivity index (χ0n) is 14.9. The predicted octanol–water partition coefficient (Wildman–Crippen LogP) is 5.91. The fourth-order valence-corrected chi connectivity index (χ4v) is 5.24. The number of ether oxygens (including phenoxy) is 1. The van der Waals surface area contributed by atoms with Gasteiger partial charge in [0, 0.05) is 16.5 Å². The molecule has 0 radical (unpaired) electrons.